The zero-order valence-corrected chi connectivity index (χ0v) is 20.0. The summed E-state index contributed by atoms with van der Waals surface area (Å²) in [4.78, 5) is 6.90. The van der Waals surface area contributed by atoms with Gasteiger partial charge in [0.2, 0.25) is 0 Å². The number of nitrogens with one attached hydrogen (secondary N) is 1. The molecule has 2 atom stereocenters. The number of benzene rings is 1. The molecule has 1 saturated heterocycles. The summed E-state index contributed by atoms with van der Waals surface area (Å²) < 4.78 is 7.84. The first-order valence-corrected chi connectivity index (χ1v) is 11.1. The smallest absolute Gasteiger partial charge is 0.170 e. The fourth-order valence-corrected chi connectivity index (χ4v) is 5.17. The monoisotopic (exact) mass is 454 g/mol. The Morgan fingerprint density at radius 3 is 2.58 bits per heavy atom. The van der Waals surface area contributed by atoms with Crippen LogP contribution in [-0.4, -0.2) is 32.7 Å². The van der Waals surface area contributed by atoms with Crippen LogP contribution in [0.15, 0.2) is 48.7 Å². The van der Waals surface area contributed by atoms with Gasteiger partial charge in [-0.3, -0.25) is 4.98 Å². The van der Waals surface area contributed by atoms with Crippen molar-refractivity contribution in [2.45, 2.75) is 45.8 Å². The third-order valence-corrected chi connectivity index (χ3v) is 6.43. The van der Waals surface area contributed by atoms with Gasteiger partial charge >= 0.3 is 0 Å². The average molecular weight is 455 g/mol. The Morgan fingerprint density at radius 2 is 1.94 bits per heavy atom. The summed E-state index contributed by atoms with van der Waals surface area (Å²) in [5.74, 6) is 0.778. The van der Waals surface area contributed by atoms with E-state index in [4.69, 9.17) is 28.6 Å². The first kappa shape index (κ1) is 21.7. The lowest BCUT2D eigenvalue weighted by atomic mass is 9.96. The van der Waals surface area contributed by atoms with Gasteiger partial charge in [-0.1, -0.05) is 17.7 Å². The topological polar surface area (TPSA) is 42.3 Å². The van der Waals surface area contributed by atoms with Gasteiger partial charge in [0.25, 0.3) is 0 Å². The van der Waals surface area contributed by atoms with E-state index in [1.165, 1.54) is 5.56 Å². The first-order valence-electron chi connectivity index (χ1n) is 10.4. The van der Waals surface area contributed by atoms with Crippen molar-refractivity contribution >= 4 is 28.9 Å². The highest BCUT2D eigenvalue weighted by Gasteiger charge is 2.42. The van der Waals surface area contributed by atoms with Crippen molar-refractivity contribution in [3.05, 3.63) is 76.3 Å². The molecule has 5 nitrogen and oxygen atoms in total. The summed E-state index contributed by atoms with van der Waals surface area (Å²) >= 11 is 12.1. The first-order chi connectivity index (χ1) is 14.8. The molecule has 162 valence electrons. The Kier molecular flexibility index (Phi) is 5.95. The Balaban J connectivity index is 1.89. The van der Waals surface area contributed by atoms with E-state index in [1.54, 1.807) is 7.11 Å². The third-order valence-electron chi connectivity index (χ3n) is 5.86. The van der Waals surface area contributed by atoms with Gasteiger partial charge in [0.15, 0.2) is 5.11 Å². The van der Waals surface area contributed by atoms with Crippen LogP contribution in [0, 0.1) is 13.8 Å². The lowest BCUT2D eigenvalue weighted by molar-refractivity contribution is 0.269. The van der Waals surface area contributed by atoms with Crippen molar-refractivity contribution in [3.63, 3.8) is 0 Å². The number of ether oxygens (including phenoxy) is 1. The molecule has 0 bridgehead atoms. The Bertz CT molecular complexity index is 1110. The number of aromatic nitrogens is 2. The van der Waals surface area contributed by atoms with Gasteiger partial charge in [0.1, 0.15) is 5.75 Å². The molecule has 1 aromatic carbocycles. The minimum Gasteiger partial charge on any atom is -0.495 e. The molecular formula is C24H27ClN4OS. The lowest BCUT2D eigenvalue weighted by Gasteiger charge is -2.31. The fraction of sp³-hybridized carbons (Fsp3) is 0.333. The predicted molar refractivity (Wildman–Crippen MR) is 129 cm³/mol. The van der Waals surface area contributed by atoms with Crippen molar-refractivity contribution < 1.29 is 4.74 Å². The van der Waals surface area contributed by atoms with Crippen LogP contribution < -0.4 is 10.1 Å². The van der Waals surface area contributed by atoms with Crippen LogP contribution in [-0.2, 0) is 0 Å². The van der Waals surface area contributed by atoms with Gasteiger partial charge in [-0.05, 0) is 81.9 Å². The summed E-state index contributed by atoms with van der Waals surface area (Å²) in [6, 6.07) is 14.2. The van der Waals surface area contributed by atoms with Crippen LogP contribution in [0.2, 0.25) is 5.02 Å². The maximum absolute atomic E-state index is 6.34. The summed E-state index contributed by atoms with van der Waals surface area (Å²) in [7, 11) is 1.68. The van der Waals surface area contributed by atoms with Crippen LogP contribution in [0.25, 0.3) is 5.69 Å². The molecule has 31 heavy (non-hydrogen) atoms. The number of pyridine rings is 1. The van der Waals surface area contributed by atoms with Crippen molar-refractivity contribution in [2.75, 3.05) is 7.11 Å². The third kappa shape index (κ3) is 3.79. The van der Waals surface area contributed by atoms with E-state index in [0.29, 0.717) is 5.02 Å². The van der Waals surface area contributed by atoms with E-state index in [-0.39, 0.29) is 18.1 Å². The number of halogens is 1. The number of rotatable bonds is 5. The van der Waals surface area contributed by atoms with Gasteiger partial charge < -0.3 is 19.5 Å². The van der Waals surface area contributed by atoms with Crippen molar-refractivity contribution in [1.82, 2.24) is 19.8 Å². The second kappa shape index (κ2) is 8.52. The maximum atomic E-state index is 6.34. The molecule has 1 aliphatic rings. The second-order valence-electron chi connectivity index (χ2n) is 8.11. The molecule has 2 aromatic heterocycles. The second-order valence-corrected chi connectivity index (χ2v) is 8.93. The molecule has 0 aliphatic carbocycles. The molecule has 1 fully saturated rings. The predicted octanol–water partition coefficient (Wildman–Crippen LogP) is 5.53. The molecule has 0 spiro atoms. The molecule has 3 heterocycles. The van der Waals surface area contributed by atoms with Crippen molar-refractivity contribution in [1.29, 1.82) is 0 Å². The van der Waals surface area contributed by atoms with Gasteiger partial charge in [-0.25, -0.2) is 0 Å². The minimum atomic E-state index is -0.0358. The van der Waals surface area contributed by atoms with E-state index < -0.39 is 0 Å². The Labute approximate surface area is 194 Å². The van der Waals surface area contributed by atoms with Gasteiger partial charge in [-0.15, -0.1) is 0 Å². The van der Waals surface area contributed by atoms with Crippen LogP contribution in [0.4, 0.5) is 0 Å². The minimum absolute atomic E-state index is 0.0209. The van der Waals surface area contributed by atoms with E-state index in [1.807, 2.05) is 36.5 Å². The average Bonchev–Trinajstić information content (AvgIpc) is 3.24. The highest BCUT2D eigenvalue weighted by Crippen LogP contribution is 2.43. The SMILES string of the molecule is COc1ccc(Cl)cc1-n1c(C)cc([C@@H]2[C@H](c3ccccn3)NC(=S)N2C(C)C)c1C. The fourth-order valence-electron chi connectivity index (χ4n) is 4.55. The normalized spacial score (nSPS) is 18.5. The molecular weight excluding hydrogens is 428 g/mol. The van der Waals surface area contributed by atoms with E-state index >= 15 is 0 Å². The number of aryl methyl sites for hydroxylation is 1. The molecule has 3 aromatic rings. The van der Waals surface area contributed by atoms with Crippen LogP contribution in [0.1, 0.15) is 48.6 Å². The van der Waals surface area contributed by atoms with E-state index in [9.17, 15) is 0 Å². The van der Waals surface area contributed by atoms with Crippen LogP contribution in [0.5, 0.6) is 5.75 Å². The molecule has 0 amide bonds. The number of methoxy groups -OCH3 is 1. The number of nitrogens with zero attached hydrogens (tertiary/aromatic N) is 3. The number of hydrogen-bond donors (Lipinski definition) is 1. The van der Waals surface area contributed by atoms with E-state index in [0.717, 1.165) is 33.6 Å². The van der Waals surface area contributed by atoms with Gasteiger partial charge in [0.05, 0.1) is 30.6 Å². The van der Waals surface area contributed by atoms with Crippen LogP contribution in [0.3, 0.4) is 0 Å². The summed E-state index contributed by atoms with van der Waals surface area (Å²) in [5.41, 5.74) is 5.34. The largest absolute Gasteiger partial charge is 0.495 e. The van der Waals surface area contributed by atoms with E-state index in [2.05, 4.69) is 59.6 Å². The van der Waals surface area contributed by atoms with Gasteiger partial charge in [-0.2, -0.15) is 0 Å². The molecule has 4 rings (SSSR count). The summed E-state index contributed by atoms with van der Waals surface area (Å²) in [6.07, 6.45) is 1.83. The Hall–Kier alpha value is -2.57. The quantitative estimate of drug-likeness (QED) is 0.513. The standard InChI is InChI=1S/C24H27ClN4OS/c1-14(2)28-23(22(27-24(28)31)19-8-6-7-11-26-19)18-12-15(3)29(16(18)4)20-13-17(25)9-10-21(20)30-5/h6-14,22-23H,1-5H3,(H,27,31)/t22-,23+/m0/s1. The van der Waals surface area contributed by atoms with Crippen molar-refractivity contribution in [2.24, 2.45) is 0 Å². The number of thiocarbonyl (C=S) groups is 1. The Morgan fingerprint density at radius 1 is 1.16 bits per heavy atom. The zero-order chi connectivity index (χ0) is 22.3. The highest BCUT2D eigenvalue weighted by atomic mass is 35.5. The highest BCUT2D eigenvalue weighted by molar-refractivity contribution is 7.80. The molecule has 1 aliphatic heterocycles. The molecule has 1 N–H and O–H groups in total. The number of hydrogen-bond acceptors (Lipinski definition) is 3. The molecule has 0 saturated carbocycles. The zero-order valence-electron chi connectivity index (χ0n) is 18.4. The molecule has 0 unspecified atom stereocenters. The molecule has 7 heteroatoms. The van der Waals surface area contributed by atoms with Gasteiger partial charge in [0, 0.05) is 28.6 Å². The lowest BCUT2D eigenvalue weighted by Crippen LogP contribution is -2.35. The maximum Gasteiger partial charge on any atom is 0.170 e. The molecule has 0 radical (unpaired) electrons. The summed E-state index contributed by atoms with van der Waals surface area (Å²) in [6.45, 7) is 8.58. The van der Waals surface area contributed by atoms with Crippen LogP contribution >= 0.6 is 23.8 Å². The summed E-state index contributed by atoms with van der Waals surface area (Å²) in [5, 5.41) is 4.94. The van der Waals surface area contributed by atoms with Crippen molar-refractivity contribution in [3.8, 4) is 11.4 Å².